The fourth-order valence-electron chi connectivity index (χ4n) is 2.10. The van der Waals surface area contributed by atoms with Crippen LogP contribution in [0.4, 0.5) is 4.39 Å². The number of hydrogen-bond donors (Lipinski definition) is 1. The first-order chi connectivity index (χ1) is 9.97. The zero-order valence-corrected chi connectivity index (χ0v) is 11.8. The van der Waals surface area contributed by atoms with Crippen LogP contribution in [0, 0.1) is 17.7 Å². The maximum Gasteiger partial charge on any atom is 0.308 e. The second kappa shape index (κ2) is 6.38. The van der Waals surface area contributed by atoms with Gasteiger partial charge in [0, 0.05) is 11.8 Å². The molecule has 0 aliphatic carbocycles. The van der Waals surface area contributed by atoms with Crippen LogP contribution in [0.5, 0.6) is 0 Å². The molecular weight excluding hydrogens is 277 g/mol. The molecule has 2 aromatic heterocycles. The van der Waals surface area contributed by atoms with Crippen molar-refractivity contribution >= 4 is 5.97 Å². The van der Waals surface area contributed by atoms with Gasteiger partial charge in [0.2, 0.25) is 0 Å². The van der Waals surface area contributed by atoms with Gasteiger partial charge in [0.1, 0.15) is 5.82 Å². The number of aromatic nitrogens is 5. The Balaban J connectivity index is 2.25. The summed E-state index contributed by atoms with van der Waals surface area (Å²) >= 11 is 0. The van der Waals surface area contributed by atoms with Crippen molar-refractivity contribution in [2.75, 3.05) is 0 Å². The average molecular weight is 293 g/mol. The molecule has 112 valence electrons. The van der Waals surface area contributed by atoms with E-state index in [1.807, 2.05) is 13.8 Å². The topological polar surface area (TPSA) is 93.8 Å². The van der Waals surface area contributed by atoms with Gasteiger partial charge in [-0.3, -0.25) is 9.78 Å². The minimum absolute atomic E-state index is 0.131. The van der Waals surface area contributed by atoms with Gasteiger partial charge in [0.05, 0.1) is 18.7 Å². The van der Waals surface area contributed by atoms with Crippen molar-refractivity contribution in [2.45, 2.75) is 26.8 Å². The molecule has 2 aromatic rings. The van der Waals surface area contributed by atoms with Gasteiger partial charge in [-0.2, -0.15) is 0 Å². The normalized spacial score (nSPS) is 12.6. The molecule has 0 amide bonds. The van der Waals surface area contributed by atoms with Crippen LogP contribution in [0.15, 0.2) is 18.5 Å². The zero-order valence-electron chi connectivity index (χ0n) is 11.8. The largest absolute Gasteiger partial charge is 0.481 e. The molecule has 0 aliphatic rings. The fourth-order valence-corrected chi connectivity index (χ4v) is 2.10. The number of tetrazole rings is 1. The quantitative estimate of drug-likeness (QED) is 0.869. The van der Waals surface area contributed by atoms with Gasteiger partial charge < -0.3 is 5.11 Å². The molecule has 2 rings (SSSR count). The first-order valence-electron chi connectivity index (χ1n) is 6.57. The van der Waals surface area contributed by atoms with Crippen LogP contribution >= 0.6 is 0 Å². The van der Waals surface area contributed by atoms with E-state index in [9.17, 15) is 14.3 Å². The SMILES string of the molecule is CC(C)CC(Cn1nnnc1-c1cncc(F)c1)C(=O)O. The van der Waals surface area contributed by atoms with Gasteiger partial charge in [0.15, 0.2) is 5.82 Å². The summed E-state index contributed by atoms with van der Waals surface area (Å²) in [6.45, 7) is 4.03. The van der Waals surface area contributed by atoms with Crippen LogP contribution < -0.4 is 0 Å². The lowest BCUT2D eigenvalue weighted by atomic mass is 9.97. The van der Waals surface area contributed by atoms with Crippen LogP contribution in [0.1, 0.15) is 20.3 Å². The summed E-state index contributed by atoms with van der Waals surface area (Å²) in [4.78, 5) is 15.1. The molecule has 1 unspecified atom stereocenters. The molecule has 1 atom stereocenters. The molecule has 7 nitrogen and oxygen atoms in total. The van der Waals surface area contributed by atoms with Crippen molar-refractivity contribution in [3.8, 4) is 11.4 Å². The van der Waals surface area contributed by atoms with E-state index in [4.69, 9.17) is 0 Å². The van der Waals surface area contributed by atoms with Crippen LogP contribution in [-0.4, -0.2) is 36.3 Å². The average Bonchev–Trinajstić information content (AvgIpc) is 2.85. The number of carboxylic acid groups (broad SMARTS) is 1. The third-order valence-electron chi connectivity index (χ3n) is 2.99. The highest BCUT2D eigenvalue weighted by atomic mass is 19.1. The Bertz CT molecular complexity index is 629. The first kappa shape index (κ1) is 15.0. The predicted molar refractivity (Wildman–Crippen MR) is 71.6 cm³/mol. The number of aliphatic carboxylic acids is 1. The summed E-state index contributed by atoms with van der Waals surface area (Å²) in [5.74, 6) is -1.46. The lowest BCUT2D eigenvalue weighted by Gasteiger charge is -2.15. The van der Waals surface area contributed by atoms with Crippen LogP contribution in [0.25, 0.3) is 11.4 Å². The Labute approximate surface area is 120 Å². The molecule has 0 saturated heterocycles. The highest BCUT2D eigenvalue weighted by molar-refractivity contribution is 5.70. The van der Waals surface area contributed by atoms with Crippen molar-refractivity contribution in [1.29, 1.82) is 0 Å². The van der Waals surface area contributed by atoms with Gasteiger partial charge in [-0.1, -0.05) is 13.8 Å². The second-order valence-electron chi connectivity index (χ2n) is 5.24. The summed E-state index contributed by atoms with van der Waals surface area (Å²) in [7, 11) is 0. The molecule has 0 radical (unpaired) electrons. The predicted octanol–water partition coefficient (Wildman–Crippen LogP) is 1.62. The summed E-state index contributed by atoms with van der Waals surface area (Å²) in [5, 5.41) is 20.4. The Kier molecular flexibility index (Phi) is 4.56. The van der Waals surface area contributed by atoms with Crippen molar-refractivity contribution < 1.29 is 14.3 Å². The Hall–Kier alpha value is -2.38. The highest BCUT2D eigenvalue weighted by Crippen LogP contribution is 2.19. The smallest absolute Gasteiger partial charge is 0.308 e. The zero-order chi connectivity index (χ0) is 15.4. The van der Waals surface area contributed by atoms with Gasteiger partial charge in [-0.25, -0.2) is 9.07 Å². The Morgan fingerprint density at radius 3 is 2.81 bits per heavy atom. The molecule has 21 heavy (non-hydrogen) atoms. The molecule has 1 N–H and O–H groups in total. The second-order valence-corrected chi connectivity index (χ2v) is 5.24. The van der Waals surface area contributed by atoms with Crippen LogP contribution in [-0.2, 0) is 11.3 Å². The lowest BCUT2D eigenvalue weighted by Crippen LogP contribution is -2.23. The van der Waals surface area contributed by atoms with Gasteiger partial charge in [-0.15, -0.1) is 5.10 Å². The minimum atomic E-state index is -0.900. The first-order valence-corrected chi connectivity index (χ1v) is 6.57. The monoisotopic (exact) mass is 293 g/mol. The molecule has 0 aliphatic heterocycles. The fraction of sp³-hybridized carbons (Fsp3) is 0.462. The molecule has 0 aromatic carbocycles. The third kappa shape index (κ3) is 3.80. The van der Waals surface area contributed by atoms with E-state index < -0.39 is 17.7 Å². The van der Waals surface area contributed by atoms with Crippen LogP contribution in [0.2, 0.25) is 0 Å². The standard InChI is InChI=1S/C13H16FN5O2/c1-8(2)3-10(13(20)21)7-19-12(16-17-18-19)9-4-11(14)6-15-5-9/h4-6,8,10H,3,7H2,1-2H3,(H,20,21). The number of rotatable bonds is 6. The van der Waals surface area contributed by atoms with E-state index >= 15 is 0 Å². The minimum Gasteiger partial charge on any atom is -0.481 e. The lowest BCUT2D eigenvalue weighted by molar-refractivity contribution is -0.142. The maximum atomic E-state index is 13.2. The number of halogens is 1. The number of nitrogens with zero attached hydrogens (tertiary/aromatic N) is 5. The highest BCUT2D eigenvalue weighted by Gasteiger charge is 2.22. The molecule has 0 bridgehead atoms. The molecule has 0 spiro atoms. The van der Waals surface area contributed by atoms with Crippen LogP contribution in [0.3, 0.4) is 0 Å². The van der Waals surface area contributed by atoms with E-state index in [-0.39, 0.29) is 12.5 Å². The van der Waals surface area contributed by atoms with E-state index in [0.29, 0.717) is 17.8 Å². The molecule has 0 saturated carbocycles. The van der Waals surface area contributed by atoms with E-state index in [2.05, 4.69) is 20.5 Å². The van der Waals surface area contributed by atoms with E-state index in [0.717, 1.165) is 6.20 Å². The van der Waals surface area contributed by atoms with Gasteiger partial charge in [0.25, 0.3) is 0 Å². The van der Waals surface area contributed by atoms with E-state index in [1.165, 1.54) is 16.9 Å². The number of hydrogen-bond acceptors (Lipinski definition) is 5. The summed E-state index contributed by atoms with van der Waals surface area (Å²) in [6.07, 6.45) is 3.02. The molecule has 8 heteroatoms. The maximum absolute atomic E-state index is 13.2. The Morgan fingerprint density at radius 1 is 1.43 bits per heavy atom. The number of carboxylic acids is 1. The molecule has 0 fully saturated rings. The number of carbonyl (C=O) groups is 1. The summed E-state index contributed by atoms with van der Waals surface area (Å²) in [5.41, 5.74) is 0.411. The molecular formula is C13H16FN5O2. The van der Waals surface area contributed by atoms with Crippen molar-refractivity contribution in [1.82, 2.24) is 25.2 Å². The Morgan fingerprint density at radius 2 is 2.19 bits per heavy atom. The number of pyridine rings is 1. The van der Waals surface area contributed by atoms with Crippen molar-refractivity contribution in [3.63, 3.8) is 0 Å². The molecule has 2 heterocycles. The third-order valence-corrected chi connectivity index (χ3v) is 2.99. The van der Waals surface area contributed by atoms with Gasteiger partial charge in [-0.05, 0) is 28.8 Å². The van der Waals surface area contributed by atoms with E-state index in [1.54, 1.807) is 0 Å². The van der Waals surface area contributed by atoms with Gasteiger partial charge >= 0.3 is 5.97 Å². The van der Waals surface area contributed by atoms with Crippen molar-refractivity contribution in [3.05, 3.63) is 24.3 Å². The van der Waals surface area contributed by atoms with Crippen molar-refractivity contribution in [2.24, 2.45) is 11.8 Å². The summed E-state index contributed by atoms with van der Waals surface area (Å²) in [6, 6.07) is 1.26. The summed E-state index contributed by atoms with van der Waals surface area (Å²) < 4.78 is 14.6.